The molecule has 5 rings (SSSR count). The van der Waals surface area contributed by atoms with Gasteiger partial charge in [0.05, 0.1) is 17.0 Å². The van der Waals surface area contributed by atoms with Gasteiger partial charge in [-0.25, -0.2) is 13.2 Å². The minimum absolute atomic E-state index is 0.0750. The topological polar surface area (TPSA) is 108 Å². The molecular weight excluding hydrogens is 436 g/mol. The van der Waals surface area contributed by atoms with Crippen LogP contribution in [0.15, 0.2) is 50.5 Å². The summed E-state index contributed by atoms with van der Waals surface area (Å²) in [5.74, 6) is 0.0235. The normalized spacial score (nSPS) is 16.9. The molecule has 2 aromatic carbocycles. The van der Waals surface area contributed by atoms with Gasteiger partial charge in [0.2, 0.25) is 10.0 Å². The molecule has 0 amide bonds. The Labute approximate surface area is 184 Å². The highest BCUT2D eigenvalue weighted by Crippen LogP contribution is 2.31. The van der Waals surface area contributed by atoms with Gasteiger partial charge >= 0.3 is 5.76 Å². The SMILES string of the molecule is O=C(Cn1c(=O)oc2cc(S(=O)(=O)N3CCCCC3)ccc21)c1ccc2c(c1)OCCO2. The first-order valence-corrected chi connectivity index (χ1v) is 11.9. The molecule has 0 atom stereocenters. The highest BCUT2D eigenvalue weighted by atomic mass is 32.2. The summed E-state index contributed by atoms with van der Waals surface area (Å²) in [6.45, 7) is 1.57. The van der Waals surface area contributed by atoms with Gasteiger partial charge in [-0.05, 0) is 43.2 Å². The lowest BCUT2D eigenvalue weighted by Gasteiger charge is -2.25. The summed E-state index contributed by atoms with van der Waals surface area (Å²) in [5.41, 5.74) is 0.862. The third-order valence-corrected chi connectivity index (χ3v) is 7.65. The molecule has 3 heterocycles. The molecule has 32 heavy (non-hydrogen) atoms. The zero-order valence-corrected chi connectivity index (χ0v) is 18.1. The first kappa shape index (κ1) is 20.8. The second-order valence-electron chi connectivity index (χ2n) is 7.83. The van der Waals surface area contributed by atoms with Gasteiger partial charge < -0.3 is 13.9 Å². The van der Waals surface area contributed by atoms with Crippen molar-refractivity contribution in [1.82, 2.24) is 8.87 Å². The molecular formula is C22H22N2O7S. The molecule has 0 unspecified atom stereocenters. The second kappa shape index (κ2) is 8.10. The van der Waals surface area contributed by atoms with E-state index in [0.717, 1.165) is 19.3 Å². The van der Waals surface area contributed by atoms with Crippen molar-refractivity contribution in [3.8, 4) is 11.5 Å². The van der Waals surface area contributed by atoms with E-state index in [2.05, 4.69) is 0 Å². The van der Waals surface area contributed by atoms with Gasteiger partial charge in [0.25, 0.3) is 0 Å². The number of sulfonamides is 1. The van der Waals surface area contributed by atoms with Crippen molar-refractivity contribution in [1.29, 1.82) is 0 Å². The maximum absolute atomic E-state index is 12.9. The number of benzene rings is 2. The number of rotatable bonds is 5. The Morgan fingerprint density at radius 2 is 1.69 bits per heavy atom. The average molecular weight is 458 g/mol. The van der Waals surface area contributed by atoms with Crippen LogP contribution >= 0.6 is 0 Å². The second-order valence-corrected chi connectivity index (χ2v) is 9.77. The fourth-order valence-electron chi connectivity index (χ4n) is 4.06. The van der Waals surface area contributed by atoms with Gasteiger partial charge in [-0.3, -0.25) is 9.36 Å². The number of aromatic nitrogens is 1. The third kappa shape index (κ3) is 3.69. The molecule has 0 saturated carbocycles. The van der Waals surface area contributed by atoms with E-state index in [0.29, 0.717) is 48.9 Å². The summed E-state index contributed by atoms with van der Waals surface area (Å²) in [7, 11) is -3.66. The molecule has 0 bridgehead atoms. The predicted molar refractivity (Wildman–Crippen MR) is 115 cm³/mol. The summed E-state index contributed by atoms with van der Waals surface area (Å²) >= 11 is 0. The van der Waals surface area contributed by atoms with Crippen molar-refractivity contribution in [3.63, 3.8) is 0 Å². The molecule has 9 nitrogen and oxygen atoms in total. The van der Waals surface area contributed by atoms with E-state index in [4.69, 9.17) is 13.9 Å². The molecule has 10 heteroatoms. The van der Waals surface area contributed by atoms with Gasteiger partial charge in [0.1, 0.15) is 13.2 Å². The Balaban J connectivity index is 1.43. The molecule has 0 radical (unpaired) electrons. The van der Waals surface area contributed by atoms with Crippen LogP contribution in [0.3, 0.4) is 0 Å². The van der Waals surface area contributed by atoms with Crippen LogP contribution in [0.5, 0.6) is 11.5 Å². The fraction of sp³-hybridized carbons (Fsp3) is 0.364. The number of carbonyl (C=O) groups excluding carboxylic acids is 1. The zero-order valence-electron chi connectivity index (χ0n) is 17.3. The minimum atomic E-state index is -3.66. The maximum Gasteiger partial charge on any atom is 0.420 e. The molecule has 3 aromatic rings. The molecule has 1 aromatic heterocycles. The van der Waals surface area contributed by atoms with Crippen LogP contribution < -0.4 is 15.2 Å². The number of carbonyl (C=O) groups is 1. The number of hydrogen-bond donors (Lipinski definition) is 0. The van der Waals surface area contributed by atoms with E-state index >= 15 is 0 Å². The van der Waals surface area contributed by atoms with E-state index in [1.54, 1.807) is 18.2 Å². The number of fused-ring (bicyclic) bond motifs is 2. The van der Waals surface area contributed by atoms with Crippen LogP contribution in [-0.4, -0.2) is 49.4 Å². The Morgan fingerprint density at radius 3 is 2.47 bits per heavy atom. The summed E-state index contributed by atoms with van der Waals surface area (Å²) in [6, 6.07) is 9.18. The van der Waals surface area contributed by atoms with Crippen LogP contribution in [0.4, 0.5) is 0 Å². The summed E-state index contributed by atoms with van der Waals surface area (Å²) in [5, 5.41) is 0. The predicted octanol–water partition coefficient (Wildman–Crippen LogP) is 2.42. The monoisotopic (exact) mass is 458 g/mol. The lowest BCUT2D eigenvalue weighted by molar-refractivity contribution is 0.0969. The molecule has 0 spiro atoms. The number of hydrogen-bond acceptors (Lipinski definition) is 7. The van der Waals surface area contributed by atoms with Crippen LogP contribution in [0.2, 0.25) is 0 Å². The van der Waals surface area contributed by atoms with Crippen LogP contribution in [0, 0.1) is 0 Å². The molecule has 0 aliphatic carbocycles. The minimum Gasteiger partial charge on any atom is -0.486 e. The number of Topliss-reactive ketones (excluding diaryl/α,β-unsaturated/α-hetero) is 1. The van der Waals surface area contributed by atoms with Crippen molar-refractivity contribution in [2.45, 2.75) is 30.7 Å². The quantitative estimate of drug-likeness (QED) is 0.540. The van der Waals surface area contributed by atoms with Gasteiger partial charge in [0.15, 0.2) is 22.9 Å². The van der Waals surface area contributed by atoms with E-state index in [1.165, 1.54) is 27.1 Å². The van der Waals surface area contributed by atoms with E-state index in [-0.39, 0.29) is 22.8 Å². The maximum atomic E-state index is 12.9. The van der Waals surface area contributed by atoms with Crippen LogP contribution in [-0.2, 0) is 16.6 Å². The fourth-order valence-corrected chi connectivity index (χ4v) is 5.60. The van der Waals surface area contributed by atoms with Gasteiger partial charge in [-0.2, -0.15) is 4.31 Å². The van der Waals surface area contributed by atoms with Crippen molar-refractivity contribution in [2.75, 3.05) is 26.3 Å². The first-order chi connectivity index (χ1) is 15.4. The Morgan fingerprint density at radius 1 is 0.938 bits per heavy atom. The van der Waals surface area contributed by atoms with Crippen LogP contribution in [0.25, 0.3) is 11.1 Å². The number of oxazole rings is 1. The van der Waals surface area contributed by atoms with Crippen molar-refractivity contribution in [3.05, 3.63) is 52.5 Å². The Bertz CT molecular complexity index is 1350. The largest absolute Gasteiger partial charge is 0.486 e. The molecule has 1 saturated heterocycles. The number of ketones is 1. The molecule has 1 fully saturated rings. The lowest BCUT2D eigenvalue weighted by atomic mass is 10.1. The summed E-state index contributed by atoms with van der Waals surface area (Å²) in [4.78, 5) is 25.3. The van der Waals surface area contributed by atoms with Gasteiger partial charge in [-0.15, -0.1) is 0 Å². The van der Waals surface area contributed by atoms with Crippen molar-refractivity contribution < 1.29 is 27.1 Å². The molecule has 2 aliphatic heterocycles. The van der Waals surface area contributed by atoms with Crippen molar-refractivity contribution >= 4 is 26.9 Å². The summed E-state index contributed by atoms with van der Waals surface area (Å²) in [6.07, 6.45) is 2.67. The standard InChI is InChI=1S/C22H22N2O7S/c25-18(15-4-7-19-21(12-15)30-11-10-29-19)14-24-17-6-5-16(13-20(17)31-22(24)26)32(27,28)23-8-2-1-3-9-23/h4-7,12-13H,1-3,8-11,14H2. The average Bonchev–Trinajstić information content (AvgIpc) is 3.13. The highest BCUT2D eigenvalue weighted by Gasteiger charge is 2.27. The van der Waals surface area contributed by atoms with Crippen LogP contribution in [0.1, 0.15) is 29.6 Å². The van der Waals surface area contributed by atoms with E-state index in [1.807, 2.05) is 0 Å². The first-order valence-electron chi connectivity index (χ1n) is 10.5. The number of piperidine rings is 1. The molecule has 0 N–H and O–H groups in total. The highest BCUT2D eigenvalue weighted by molar-refractivity contribution is 7.89. The summed E-state index contributed by atoms with van der Waals surface area (Å²) < 4.78 is 44.8. The van der Waals surface area contributed by atoms with E-state index in [9.17, 15) is 18.0 Å². The number of nitrogens with zero attached hydrogens (tertiary/aromatic N) is 2. The molecule has 2 aliphatic rings. The van der Waals surface area contributed by atoms with Gasteiger partial charge in [-0.1, -0.05) is 6.42 Å². The number of ether oxygens (including phenoxy) is 2. The third-order valence-electron chi connectivity index (χ3n) is 5.76. The van der Waals surface area contributed by atoms with Gasteiger partial charge in [0, 0.05) is 24.7 Å². The lowest BCUT2D eigenvalue weighted by Crippen LogP contribution is -2.35. The molecule has 168 valence electrons. The van der Waals surface area contributed by atoms with E-state index < -0.39 is 15.8 Å². The smallest absolute Gasteiger partial charge is 0.420 e. The Kier molecular flexibility index (Phi) is 5.26. The zero-order chi connectivity index (χ0) is 22.3. The Hall–Kier alpha value is -3.11. The van der Waals surface area contributed by atoms with Crippen molar-refractivity contribution in [2.24, 2.45) is 0 Å².